The Hall–Kier alpha value is -1.56. The summed E-state index contributed by atoms with van der Waals surface area (Å²) in [4.78, 5) is 24.8. The van der Waals surface area contributed by atoms with Crippen LogP contribution in [-0.2, 0) is 0 Å². The van der Waals surface area contributed by atoms with Crippen molar-refractivity contribution in [3.05, 3.63) is 28.2 Å². The molecule has 0 aromatic heterocycles. The zero-order valence-corrected chi connectivity index (χ0v) is 12.1. The lowest BCUT2D eigenvalue weighted by molar-refractivity contribution is 0.0696. The molecule has 2 rings (SSSR count). The number of anilines is 1. The molecule has 5 nitrogen and oxygen atoms in total. The molecule has 0 atom stereocenters. The van der Waals surface area contributed by atoms with E-state index in [4.69, 9.17) is 5.11 Å². The van der Waals surface area contributed by atoms with Crippen molar-refractivity contribution in [2.24, 2.45) is 0 Å². The zero-order valence-electron chi connectivity index (χ0n) is 10.5. The van der Waals surface area contributed by atoms with Crippen LogP contribution in [0.15, 0.2) is 22.7 Å². The number of urea groups is 1. The predicted molar refractivity (Wildman–Crippen MR) is 75.5 cm³/mol. The summed E-state index contributed by atoms with van der Waals surface area (Å²) in [5.41, 5.74) is 0.622. The molecular weight excluding hydrogens is 312 g/mol. The first-order chi connectivity index (χ1) is 9.02. The van der Waals surface area contributed by atoms with Crippen LogP contribution >= 0.6 is 15.9 Å². The van der Waals surface area contributed by atoms with Crippen molar-refractivity contribution in [1.29, 1.82) is 0 Å². The summed E-state index contributed by atoms with van der Waals surface area (Å²) < 4.78 is 0.493. The molecule has 2 N–H and O–H groups in total. The number of aromatic carboxylic acids is 1. The molecule has 0 radical (unpaired) electrons. The van der Waals surface area contributed by atoms with Gasteiger partial charge in [-0.15, -0.1) is 0 Å². The molecule has 102 valence electrons. The first-order valence-corrected chi connectivity index (χ1v) is 6.92. The van der Waals surface area contributed by atoms with Crippen LogP contribution in [0.4, 0.5) is 10.5 Å². The van der Waals surface area contributed by atoms with Gasteiger partial charge in [0.15, 0.2) is 0 Å². The van der Waals surface area contributed by atoms with Crippen LogP contribution in [0.2, 0.25) is 0 Å². The Morgan fingerprint density at radius 1 is 1.47 bits per heavy atom. The number of carbonyl (C=O) groups excluding carboxylic acids is 1. The van der Waals surface area contributed by atoms with E-state index in [1.165, 1.54) is 6.07 Å². The van der Waals surface area contributed by atoms with Gasteiger partial charge >= 0.3 is 12.0 Å². The lowest BCUT2D eigenvalue weighted by Crippen LogP contribution is -2.36. The van der Waals surface area contributed by atoms with Gasteiger partial charge in [0, 0.05) is 22.7 Å². The number of carboxylic acid groups (broad SMARTS) is 1. The standard InChI is InChI=1S/C13H15BrN2O3/c1-2-16(9-4-5-9)13(19)15-8-3-6-11(14)10(7-8)12(17)18/h3,6-7,9H,2,4-5H2,1H3,(H,15,19)(H,17,18). The molecule has 0 bridgehead atoms. The van der Waals surface area contributed by atoms with E-state index in [-0.39, 0.29) is 11.6 Å². The molecule has 1 aliphatic carbocycles. The average Bonchev–Trinajstić information content (AvgIpc) is 3.16. The van der Waals surface area contributed by atoms with Gasteiger partial charge in [0.25, 0.3) is 0 Å². The van der Waals surface area contributed by atoms with E-state index >= 15 is 0 Å². The molecule has 1 saturated carbocycles. The third kappa shape index (κ3) is 3.26. The van der Waals surface area contributed by atoms with E-state index in [1.807, 2.05) is 6.92 Å². The van der Waals surface area contributed by atoms with Crippen LogP contribution in [-0.4, -0.2) is 34.6 Å². The number of benzene rings is 1. The number of hydrogen-bond acceptors (Lipinski definition) is 2. The van der Waals surface area contributed by atoms with E-state index in [0.29, 0.717) is 22.7 Å². The summed E-state index contributed by atoms with van der Waals surface area (Å²) in [5.74, 6) is -1.03. The number of nitrogens with one attached hydrogen (secondary N) is 1. The van der Waals surface area contributed by atoms with Gasteiger partial charge in [-0.1, -0.05) is 0 Å². The molecule has 1 aromatic rings. The molecular formula is C13H15BrN2O3. The summed E-state index contributed by atoms with van der Waals surface area (Å²) in [7, 11) is 0. The molecule has 0 heterocycles. The van der Waals surface area contributed by atoms with Crippen LogP contribution in [0.1, 0.15) is 30.1 Å². The number of hydrogen-bond donors (Lipinski definition) is 2. The Morgan fingerprint density at radius 2 is 2.16 bits per heavy atom. The normalized spacial score (nSPS) is 14.0. The summed E-state index contributed by atoms with van der Waals surface area (Å²) in [5, 5.41) is 11.8. The third-order valence-electron chi connectivity index (χ3n) is 3.04. The van der Waals surface area contributed by atoms with Crippen molar-refractivity contribution in [3.8, 4) is 0 Å². The summed E-state index contributed by atoms with van der Waals surface area (Å²) >= 11 is 3.17. The molecule has 6 heteroatoms. The second kappa shape index (κ2) is 5.61. The van der Waals surface area contributed by atoms with E-state index in [2.05, 4.69) is 21.2 Å². The number of nitrogens with zero attached hydrogens (tertiary/aromatic N) is 1. The number of amides is 2. The lowest BCUT2D eigenvalue weighted by Gasteiger charge is -2.21. The van der Waals surface area contributed by atoms with Gasteiger partial charge in [-0.05, 0) is 53.9 Å². The maximum absolute atomic E-state index is 12.0. The maximum Gasteiger partial charge on any atom is 0.336 e. The molecule has 0 spiro atoms. The summed E-state index contributed by atoms with van der Waals surface area (Å²) in [6.45, 7) is 2.58. The van der Waals surface area contributed by atoms with Crippen LogP contribution < -0.4 is 5.32 Å². The Kier molecular flexibility index (Phi) is 4.09. The first-order valence-electron chi connectivity index (χ1n) is 6.13. The van der Waals surface area contributed by atoms with Gasteiger partial charge < -0.3 is 15.3 Å². The van der Waals surface area contributed by atoms with E-state index in [1.54, 1.807) is 17.0 Å². The third-order valence-corrected chi connectivity index (χ3v) is 3.73. The lowest BCUT2D eigenvalue weighted by atomic mass is 10.2. The van der Waals surface area contributed by atoms with E-state index < -0.39 is 5.97 Å². The fourth-order valence-electron chi connectivity index (χ4n) is 1.92. The molecule has 1 aromatic carbocycles. The number of rotatable bonds is 4. The quantitative estimate of drug-likeness (QED) is 0.892. The Bertz CT molecular complexity index is 515. The summed E-state index contributed by atoms with van der Waals surface area (Å²) in [6.07, 6.45) is 2.09. The van der Waals surface area contributed by atoms with Crippen molar-refractivity contribution < 1.29 is 14.7 Å². The highest BCUT2D eigenvalue weighted by atomic mass is 79.9. The maximum atomic E-state index is 12.0. The van der Waals surface area contributed by atoms with Crippen LogP contribution in [0.5, 0.6) is 0 Å². The Balaban J connectivity index is 2.12. The van der Waals surface area contributed by atoms with Crippen LogP contribution in [0.3, 0.4) is 0 Å². The number of carboxylic acids is 1. The monoisotopic (exact) mass is 326 g/mol. The van der Waals surface area contributed by atoms with Crippen molar-refractivity contribution >= 4 is 33.6 Å². The first kappa shape index (κ1) is 13.9. The Morgan fingerprint density at radius 3 is 2.68 bits per heavy atom. The van der Waals surface area contributed by atoms with Gasteiger partial charge in [0.05, 0.1) is 5.56 Å². The van der Waals surface area contributed by atoms with E-state index in [0.717, 1.165) is 12.8 Å². The molecule has 0 aliphatic heterocycles. The molecule has 0 unspecified atom stereocenters. The van der Waals surface area contributed by atoms with Crippen LogP contribution in [0.25, 0.3) is 0 Å². The zero-order chi connectivity index (χ0) is 14.0. The fourth-order valence-corrected chi connectivity index (χ4v) is 2.33. The van der Waals surface area contributed by atoms with Crippen molar-refractivity contribution in [2.45, 2.75) is 25.8 Å². The van der Waals surface area contributed by atoms with Crippen molar-refractivity contribution in [1.82, 2.24) is 4.90 Å². The SMILES string of the molecule is CCN(C(=O)Nc1ccc(Br)c(C(=O)O)c1)C1CC1. The van der Waals surface area contributed by atoms with Crippen molar-refractivity contribution in [3.63, 3.8) is 0 Å². The van der Waals surface area contributed by atoms with Gasteiger partial charge in [-0.25, -0.2) is 9.59 Å². The highest BCUT2D eigenvalue weighted by Crippen LogP contribution is 2.27. The number of carbonyl (C=O) groups is 2. The van der Waals surface area contributed by atoms with Crippen molar-refractivity contribution in [2.75, 3.05) is 11.9 Å². The van der Waals surface area contributed by atoms with Gasteiger partial charge in [0.1, 0.15) is 0 Å². The average molecular weight is 327 g/mol. The second-order valence-corrected chi connectivity index (χ2v) is 5.30. The fraction of sp³-hybridized carbons (Fsp3) is 0.385. The number of halogens is 1. The summed E-state index contributed by atoms with van der Waals surface area (Å²) in [6, 6.07) is 4.90. The second-order valence-electron chi connectivity index (χ2n) is 4.45. The highest BCUT2D eigenvalue weighted by Gasteiger charge is 2.31. The van der Waals surface area contributed by atoms with Gasteiger partial charge in [0.2, 0.25) is 0 Å². The molecule has 2 amide bonds. The molecule has 0 saturated heterocycles. The highest BCUT2D eigenvalue weighted by molar-refractivity contribution is 9.10. The smallest absolute Gasteiger partial charge is 0.336 e. The molecule has 1 aliphatic rings. The van der Waals surface area contributed by atoms with Gasteiger partial charge in [-0.3, -0.25) is 0 Å². The Labute approximate surface area is 119 Å². The van der Waals surface area contributed by atoms with Crippen LogP contribution in [0, 0.1) is 0 Å². The topological polar surface area (TPSA) is 69.6 Å². The van der Waals surface area contributed by atoms with Gasteiger partial charge in [-0.2, -0.15) is 0 Å². The minimum atomic E-state index is -1.03. The predicted octanol–water partition coefficient (Wildman–Crippen LogP) is 3.16. The minimum Gasteiger partial charge on any atom is -0.478 e. The molecule has 1 fully saturated rings. The van der Waals surface area contributed by atoms with E-state index in [9.17, 15) is 9.59 Å². The largest absolute Gasteiger partial charge is 0.478 e. The minimum absolute atomic E-state index is 0.132. The molecule has 19 heavy (non-hydrogen) atoms.